The molecule has 0 radical (unpaired) electrons. The van der Waals surface area contributed by atoms with E-state index in [9.17, 15) is 14.7 Å². The van der Waals surface area contributed by atoms with Gasteiger partial charge >= 0.3 is 5.97 Å². The summed E-state index contributed by atoms with van der Waals surface area (Å²) in [5, 5.41) is 9.18. The molecular weight excluding hydrogens is 270 g/mol. The molecule has 1 amide bonds. The second-order valence-corrected chi connectivity index (χ2v) is 5.33. The summed E-state index contributed by atoms with van der Waals surface area (Å²) in [5.41, 5.74) is 0.476. The van der Waals surface area contributed by atoms with Gasteiger partial charge in [-0.1, -0.05) is 13.0 Å². The zero-order chi connectivity index (χ0) is 15.4. The summed E-state index contributed by atoms with van der Waals surface area (Å²) >= 11 is 0. The maximum Gasteiger partial charge on any atom is 0.326 e. The van der Waals surface area contributed by atoms with Crippen molar-refractivity contribution < 1.29 is 19.4 Å². The van der Waals surface area contributed by atoms with Crippen LogP contribution in [0.3, 0.4) is 0 Å². The predicted octanol–water partition coefficient (Wildman–Crippen LogP) is 2.55. The average molecular weight is 291 g/mol. The van der Waals surface area contributed by atoms with Crippen molar-refractivity contribution in [1.29, 1.82) is 0 Å². The standard InChI is InChI=1S/C16H21NO4/c1-3-9-21-14-6-4-5-12(10-14)15(18)17(13-7-8-13)11(2)16(19)20/h4-6,10-11,13H,3,7-9H2,1-2H3,(H,19,20). The van der Waals surface area contributed by atoms with Crippen molar-refractivity contribution in [2.24, 2.45) is 0 Å². The summed E-state index contributed by atoms with van der Waals surface area (Å²) in [6.45, 7) is 4.16. The third kappa shape index (κ3) is 3.74. The largest absolute Gasteiger partial charge is 0.494 e. The zero-order valence-electron chi connectivity index (χ0n) is 12.4. The Labute approximate surface area is 124 Å². The molecule has 0 aromatic heterocycles. The van der Waals surface area contributed by atoms with Crippen molar-refractivity contribution in [3.8, 4) is 5.75 Å². The summed E-state index contributed by atoms with van der Waals surface area (Å²) in [6.07, 6.45) is 2.63. The molecule has 0 heterocycles. The predicted molar refractivity (Wildman–Crippen MR) is 78.5 cm³/mol. The van der Waals surface area contributed by atoms with E-state index in [0.29, 0.717) is 17.9 Å². The number of carboxylic acid groups (broad SMARTS) is 1. The molecule has 1 aromatic rings. The number of amides is 1. The number of rotatable bonds is 7. The van der Waals surface area contributed by atoms with Crippen molar-refractivity contribution in [3.63, 3.8) is 0 Å². The first-order chi connectivity index (χ1) is 10.0. The highest BCUT2D eigenvalue weighted by molar-refractivity contribution is 5.97. The first kappa shape index (κ1) is 15.4. The molecule has 0 spiro atoms. The van der Waals surface area contributed by atoms with Gasteiger partial charge in [-0.15, -0.1) is 0 Å². The van der Waals surface area contributed by atoms with Gasteiger partial charge < -0.3 is 14.7 Å². The van der Waals surface area contributed by atoms with Crippen LogP contribution in [0.1, 0.15) is 43.5 Å². The fourth-order valence-corrected chi connectivity index (χ4v) is 2.22. The van der Waals surface area contributed by atoms with Gasteiger partial charge in [-0.2, -0.15) is 0 Å². The van der Waals surface area contributed by atoms with Crippen LogP contribution in [0.5, 0.6) is 5.75 Å². The minimum absolute atomic E-state index is 0.0452. The Morgan fingerprint density at radius 1 is 1.43 bits per heavy atom. The van der Waals surface area contributed by atoms with E-state index >= 15 is 0 Å². The molecule has 5 heteroatoms. The molecule has 1 fully saturated rings. The molecule has 1 N–H and O–H groups in total. The summed E-state index contributed by atoms with van der Waals surface area (Å²) < 4.78 is 5.52. The number of ether oxygens (including phenoxy) is 1. The molecule has 21 heavy (non-hydrogen) atoms. The first-order valence-corrected chi connectivity index (χ1v) is 7.33. The van der Waals surface area contributed by atoms with Crippen LogP contribution in [0.15, 0.2) is 24.3 Å². The van der Waals surface area contributed by atoms with Crippen molar-refractivity contribution in [1.82, 2.24) is 4.90 Å². The van der Waals surface area contributed by atoms with Crippen LogP contribution in [0.25, 0.3) is 0 Å². The molecular formula is C16H21NO4. The van der Waals surface area contributed by atoms with E-state index in [2.05, 4.69) is 0 Å². The highest BCUT2D eigenvalue weighted by Crippen LogP contribution is 2.30. The van der Waals surface area contributed by atoms with Gasteiger partial charge in [-0.05, 0) is 44.4 Å². The fourth-order valence-electron chi connectivity index (χ4n) is 2.22. The Bertz CT molecular complexity index is 525. The van der Waals surface area contributed by atoms with Gasteiger partial charge in [0.2, 0.25) is 0 Å². The molecule has 1 unspecified atom stereocenters. The van der Waals surface area contributed by atoms with Crippen LogP contribution < -0.4 is 4.74 Å². The summed E-state index contributed by atoms with van der Waals surface area (Å²) in [5.74, 6) is -0.579. The average Bonchev–Trinajstić information content (AvgIpc) is 3.30. The van der Waals surface area contributed by atoms with E-state index < -0.39 is 12.0 Å². The third-order valence-electron chi connectivity index (χ3n) is 3.50. The lowest BCUT2D eigenvalue weighted by molar-refractivity contribution is -0.141. The van der Waals surface area contributed by atoms with Crippen LogP contribution in [0, 0.1) is 0 Å². The van der Waals surface area contributed by atoms with Gasteiger partial charge in [-0.25, -0.2) is 4.79 Å². The Morgan fingerprint density at radius 3 is 2.71 bits per heavy atom. The Balaban J connectivity index is 2.18. The van der Waals surface area contributed by atoms with E-state index in [1.54, 1.807) is 31.2 Å². The van der Waals surface area contributed by atoms with Gasteiger partial charge in [0, 0.05) is 11.6 Å². The van der Waals surface area contributed by atoms with Crippen LogP contribution >= 0.6 is 0 Å². The van der Waals surface area contributed by atoms with Crippen LogP contribution in [-0.4, -0.2) is 40.6 Å². The van der Waals surface area contributed by atoms with E-state index in [0.717, 1.165) is 19.3 Å². The molecule has 1 aromatic carbocycles. The van der Waals surface area contributed by atoms with Crippen molar-refractivity contribution >= 4 is 11.9 Å². The smallest absolute Gasteiger partial charge is 0.326 e. The van der Waals surface area contributed by atoms with Crippen molar-refractivity contribution in [3.05, 3.63) is 29.8 Å². The van der Waals surface area contributed by atoms with Gasteiger partial charge in [0.05, 0.1) is 6.61 Å². The van der Waals surface area contributed by atoms with E-state index in [4.69, 9.17) is 4.74 Å². The minimum Gasteiger partial charge on any atom is -0.494 e. The number of carboxylic acids is 1. The normalized spacial score (nSPS) is 15.3. The van der Waals surface area contributed by atoms with E-state index in [-0.39, 0.29) is 11.9 Å². The lowest BCUT2D eigenvalue weighted by Crippen LogP contribution is -2.44. The maximum absolute atomic E-state index is 12.6. The summed E-state index contributed by atoms with van der Waals surface area (Å²) in [4.78, 5) is 25.3. The second-order valence-electron chi connectivity index (χ2n) is 5.33. The summed E-state index contributed by atoms with van der Waals surface area (Å²) in [7, 11) is 0. The number of hydrogen-bond donors (Lipinski definition) is 1. The van der Waals surface area contributed by atoms with Crippen LogP contribution in [0.2, 0.25) is 0 Å². The maximum atomic E-state index is 12.6. The molecule has 0 aliphatic heterocycles. The molecule has 1 saturated carbocycles. The van der Waals surface area contributed by atoms with Crippen molar-refractivity contribution in [2.75, 3.05) is 6.61 Å². The van der Waals surface area contributed by atoms with Gasteiger partial charge in [0.1, 0.15) is 11.8 Å². The molecule has 2 rings (SSSR count). The Kier molecular flexibility index (Phi) is 4.83. The Morgan fingerprint density at radius 2 is 2.14 bits per heavy atom. The van der Waals surface area contributed by atoms with E-state index in [1.165, 1.54) is 4.90 Å². The first-order valence-electron chi connectivity index (χ1n) is 7.33. The molecule has 0 saturated heterocycles. The third-order valence-corrected chi connectivity index (χ3v) is 3.50. The highest BCUT2D eigenvalue weighted by Gasteiger charge is 2.38. The molecule has 1 aliphatic carbocycles. The zero-order valence-corrected chi connectivity index (χ0v) is 12.4. The molecule has 5 nitrogen and oxygen atoms in total. The van der Waals surface area contributed by atoms with Gasteiger partial charge in [-0.3, -0.25) is 4.79 Å². The van der Waals surface area contributed by atoms with Crippen molar-refractivity contribution in [2.45, 2.75) is 45.2 Å². The number of benzene rings is 1. The number of nitrogens with zero attached hydrogens (tertiary/aromatic N) is 1. The molecule has 1 atom stereocenters. The Hall–Kier alpha value is -2.04. The molecule has 114 valence electrons. The lowest BCUT2D eigenvalue weighted by atomic mass is 10.1. The van der Waals surface area contributed by atoms with Gasteiger partial charge in [0.25, 0.3) is 5.91 Å². The van der Waals surface area contributed by atoms with E-state index in [1.807, 2.05) is 6.92 Å². The van der Waals surface area contributed by atoms with Crippen LogP contribution in [-0.2, 0) is 4.79 Å². The molecule has 1 aliphatic rings. The topological polar surface area (TPSA) is 66.8 Å². The lowest BCUT2D eigenvalue weighted by Gasteiger charge is -2.26. The van der Waals surface area contributed by atoms with Crippen LogP contribution in [0.4, 0.5) is 0 Å². The number of carbonyl (C=O) groups excluding carboxylic acids is 1. The second kappa shape index (κ2) is 6.61. The highest BCUT2D eigenvalue weighted by atomic mass is 16.5. The molecule has 0 bridgehead atoms. The SMILES string of the molecule is CCCOc1cccc(C(=O)N(C2CC2)C(C)C(=O)O)c1. The van der Waals surface area contributed by atoms with Gasteiger partial charge in [0.15, 0.2) is 0 Å². The minimum atomic E-state index is -0.978. The quantitative estimate of drug-likeness (QED) is 0.838. The monoisotopic (exact) mass is 291 g/mol. The number of carbonyl (C=O) groups is 2. The number of hydrogen-bond acceptors (Lipinski definition) is 3. The number of aliphatic carboxylic acids is 1. The summed E-state index contributed by atoms with van der Waals surface area (Å²) in [6, 6.07) is 6.17. The fraction of sp³-hybridized carbons (Fsp3) is 0.500.